The molecule has 1 aromatic rings. The highest BCUT2D eigenvalue weighted by atomic mass is 32.2. The number of nitrogens with zero attached hydrogens (tertiary/aromatic N) is 3. The number of alkyl halides is 2. The molecule has 2 saturated carbocycles. The molecule has 2 unspecified atom stereocenters. The van der Waals surface area contributed by atoms with Gasteiger partial charge in [-0.2, -0.15) is 13.9 Å². The summed E-state index contributed by atoms with van der Waals surface area (Å²) in [5.74, 6) is -3.02. The van der Waals surface area contributed by atoms with Crippen molar-refractivity contribution in [3.05, 3.63) is 30.1 Å². The third kappa shape index (κ3) is 5.92. The van der Waals surface area contributed by atoms with Gasteiger partial charge in [-0.3, -0.25) is 23.9 Å². The number of carbonyl (C=O) groups is 4. The molecule has 0 spiro atoms. The number of hydrogen-bond acceptors (Lipinski definition) is 7. The van der Waals surface area contributed by atoms with Crippen molar-refractivity contribution in [1.82, 2.24) is 30.0 Å². The highest BCUT2D eigenvalue weighted by Gasteiger charge is 2.62. The van der Waals surface area contributed by atoms with Crippen molar-refractivity contribution in [2.45, 2.75) is 100 Å². The molecular weight excluding hydrogens is 574 g/mol. The normalized spacial score (nSPS) is 30.3. The number of amides is 4. The van der Waals surface area contributed by atoms with E-state index in [4.69, 9.17) is 0 Å². The Balaban J connectivity index is 1.35. The van der Waals surface area contributed by atoms with Crippen LogP contribution in [0.5, 0.6) is 0 Å². The van der Waals surface area contributed by atoms with Crippen LogP contribution in [0.2, 0.25) is 0 Å². The van der Waals surface area contributed by atoms with Crippen molar-refractivity contribution in [1.29, 1.82) is 0 Å². The van der Waals surface area contributed by atoms with E-state index in [9.17, 15) is 36.4 Å². The molecule has 1 saturated heterocycles. The maximum absolute atomic E-state index is 13.7. The number of sulfonamides is 1. The number of halogens is 2. The summed E-state index contributed by atoms with van der Waals surface area (Å²) in [5.41, 5.74) is -1.71. The van der Waals surface area contributed by atoms with E-state index in [0.717, 1.165) is 25.1 Å². The minimum atomic E-state index is -3.93. The van der Waals surface area contributed by atoms with E-state index in [1.54, 1.807) is 6.92 Å². The molecule has 15 heteroatoms. The zero-order valence-corrected chi connectivity index (χ0v) is 24.2. The summed E-state index contributed by atoms with van der Waals surface area (Å²) in [7, 11) is -3.93. The van der Waals surface area contributed by atoms with Gasteiger partial charge in [0.15, 0.2) is 0 Å². The molecule has 12 nitrogen and oxygen atoms in total. The molecule has 3 N–H and O–H groups in total. The van der Waals surface area contributed by atoms with Gasteiger partial charge in [-0.1, -0.05) is 25.0 Å². The molecule has 230 valence electrons. The van der Waals surface area contributed by atoms with Crippen molar-refractivity contribution in [3.63, 3.8) is 0 Å². The predicted octanol–water partition coefficient (Wildman–Crippen LogP) is 1.76. The number of carbonyl (C=O) groups excluding carboxylic acids is 4. The van der Waals surface area contributed by atoms with Crippen molar-refractivity contribution < 1.29 is 36.4 Å². The lowest BCUT2D eigenvalue weighted by molar-refractivity contribution is -0.141. The number of nitrogens with one attached hydrogen (secondary N) is 3. The molecule has 42 heavy (non-hydrogen) atoms. The minimum absolute atomic E-state index is 0.234. The van der Waals surface area contributed by atoms with Gasteiger partial charge < -0.3 is 15.5 Å². The Bertz CT molecular complexity index is 1390. The zero-order chi connectivity index (χ0) is 30.3. The Morgan fingerprint density at radius 3 is 2.60 bits per heavy atom. The maximum atomic E-state index is 13.7. The summed E-state index contributed by atoms with van der Waals surface area (Å²) in [6.07, 6.45) is 9.72. The topological polar surface area (TPSA) is 160 Å². The third-order valence-electron chi connectivity index (χ3n) is 8.81. The summed E-state index contributed by atoms with van der Waals surface area (Å²) < 4.78 is 53.0. The average Bonchev–Trinajstić information content (AvgIpc) is 3.67. The molecular formula is C27H36F2N6O6S. The van der Waals surface area contributed by atoms with E-state index >= 15 is 0 Å². The zero-order valence-electron chi connectivity index (χ0n) is 23.4. The van der Waals surface area contributed by atoms with E-state index in [0.29, 0.717) is 43.2 Å². The summed E-state index contributed by atoms with van der Waals surface area (Å²) in [4.78, 5) is 54.9. The van der Waals surface area contributed by atoms with Gasteiger partial charge in [-0.05, 0) is 64.4 Å². The van der Waals surface area contributed by atoms with Crippen LogP contribution < -0.4 is 15.4 Å². The lowest BCUT2D eigenvalue weighted by Crippen LogP contribution is -2.58. The molecule has 2 aliphatic carbocycles. The minimum Gasteiger partial charge on any atom is -0.339 e. The predicted molar refractivity (Wildman–Crippen MR) is 145 cm³/mol. The molecule has 1 aromatic heterocycles. The average molecular weight is 611 g/mol. The Hall–Kier alpha value is -3.36. The molecule has 4 atom stereocenters. The summed E-state index contributed by atoms with van der Waals surface area (Å²) in [6, 6.07) is -0.803. The standard InChI is InChI=1S/C27H36F2N6O6S/c1-26(12-13-26)42(40,41)33-24(39)27-16-17(27)8-5-3-2-4-6-9-19(23(38)34-14-7-10-20(34)22(37)31-27)30-21(36)18-11-15-35(32-18)25(28)29/h5,8,11,15,17,19-20,25H,2-4,6-7,9-10,12-14,16H2,1H3,(H,30,36)(H,31,37)(H,33,39)/b8-5-/t17?,19-,20?,27+/m0/s1. The fraction of sp³-hybridized carbons (Fsp3) is 0.667. The van der Waals surface area contributed by atoms with Crippen LogP contribution in [0.25, 0.3) is 0 Å². The van der Waals surface area contributed by atoms with E-state index in [2.05, 4.69) is 20.5 Å². The van der Waals surface area contributed by atoms with Crippen LogP contribution >= 0.6 is 0 Å². The molecule has 4 aliphatic rings. The van der Waals surface area contributed by atoms with Crippen molar-refractivity contribution >= 4 is 33.7 Å². The Labute approximate surface area is 242 Å². The second-order valence-electron chi connectivity index (χ2n) is 11.9. The van der Waals surface area contributed by atoms with Gasteiger partial charge in [0.05, 0.1) is 4.75 Å². The van der Waals surface area contributed by atoms with E-state index < -0.39 is 62.6 Å². The maximum Gasteiger partial charge on any atom is 0.333 e. The van der Waals surface area contributed by atoms with Crippen molar-refractivity contribution in [2.75, 3.05) is 6.54 Å². The molecule has 4 amide bonds. The Kier molecular flexibility index (Phi) is 8.16. The lowest BCUT2D eigenvalue weighted by Gasteiger charge is -2.30. The first-order valence-electron chi connectivity index (χ1n) is 14.4. The summed E-state index contributed by atoms with van der Waals surface area (Å²) in [6.45, 7) is -1.10. The molecule has 3 fully saturated rings. The third-order valence-corrected chi connectivity index (χ3v) is 11.0. The number of aromatic nitrogens is 2. The second kappa shape index (κ2) is 11.4. The van der Waals surface area contributed by atoms with Gasteiger partial charge in [0.2, 0.25) is 21.8 Å². The number of hydrogen-bond donors (Lipinski definition) is 3. The van der Waals surface area contributed by atoms with Gasteiger partial charge in [-0.25, -0.2) is 13.1 Å². The van der Waals surface area contributed by atoms with Crippen molar-refractivity contribution in [3.8, 4) is 0 Å². The van der Waals surface area contributed by atoms with E-state index in [1.165, 1.54) is 4.90 Å². The van der Waals surface area contributed by atoms with Crippen LogP contribution in [-0.4, -0.2) is 75.6 Å². The van der Waals surface area contributed by atoms with Crippen LogP contribution in [0, 0.1) is 5.92 Å². The van der Waals surface area contributed by atoms with Crippen LogP contribution in [0.4, 0.5) is 8.78 Å². The number of allylic oxidation sites excluding steroid dienone is 1. The highest BCUT2D eigenvalue weighted by Crippen LogP contribution is 2.47. The first kappa shape index (κ1) is 30.1. The fourth-order valence-electron chi connectivity index (χ4n) is 5.67. The molecule has 0 bridgehead atoms. The van der Waals surface area contributed by atoms with E-state index in [-0.39, 0.29) is 31.0 Å². The molecule has 2 aliphatic heterocycles. The quantitative estimate of drug-likeness (QED) is 0.414. The Morgan fingerprint density at radius 2 is 1.90 bits per heavy atom. The van der Waals surface area contributed by atoms with Crippen LogP contribution in [-0.2, 0) is 24.4 Å². The first-order valence-corrected chi connectivity index (χ1v) is 15.9. The smallest absolute Gasteiger partial charge is 0.333 e. The number of rotatable bonds is 6. The van der Waals surface area contributed by atoms with Crippen molar-refractivity contribution in [2.24, 2.45) is 5.92 Å². The largest absolute Gasteiger partial charge is 0.339 e. The van der Waals surface area contributed by atoms with Gasteiger partial charge in [0, 0.05) is 18.7 Å². The highest BCUT2D eigenvalue weighted by molar-refractivity contribution is 7.91. The SMILES string of the molecule is CC1(S(=O)(=O)NC(=O)[C@@]23CC2/C=C\CCCCC[C@H](NC(=O)c2ccn(C(F)F)n2)C(=O)N2CCCC2C(=O)N3)CC1. The van der Waals surface area contributed by atoms with Gasteiger partial charge in [-0.15, -0.1) is 0 Å². The van der Waals surface area contributed by atoms with E-state index in [1.807, 2.05) is 12.2 Å². The molecule has 0 aromatic carbocycles. The Morgan fingerprint density at radius 1 is 1.14 bits per heavy atom. The molecule has 3 heterocycles. The molecule has 5 rings (SSSR count). The second-order valence-corrected chi connectivity index (χ2v) is 14.1. The lowest BCUT2D eigenvalue weighted by atomic mass is 10.0. The van der Waals surface area contributed by atoms with Crippen LogP contribution in [0.1, 0.15) is 88.2 Å². The van der Waals surface area contributed by atoms with Crippen LogP contribution in [0.15, 0.2) is 24.4 Å². The summed E-state index contributed by atoms with van der Waals surface area (Å²) >= 11 is 0. The van der Waals surface area contributed by atoms with Gasteiger partial charge in [0.25, 0.3) is 11.8 Å². The van der Waals surface area contributed by atoms with Gasteiger partial charge in [0.1, 0.15) is 23.3 Å². The summed E-state index contributed by atoms with van der Waals surface area (Å²) in [5, 5.41) is 8.98. The van der Waals surface area contributed by atoms with Gasteiger partial charge >= 0.3 is 6.55 Å². The van der Waals surface area contributed by atoms with Crippen LogP contribution in [0.3, 0.4) is 0 Å². The fourth-order valence-corrected chi connectivity index (χ4v) is 6.99. The number of fused-ring (bicyclic) bond motifs is 2. The monoisotopic (exact) mass is 610 g/mol. The first-order chi connectivity index (χ1) is 19.9. The molecule has 0 radical (unpaired) electrons.